The molecule has 7 heteroatoms. The second-order valence-corrected chi connectivity index (χ2v) is 10.9. The van der Waals surface area contributed by atoms with Crippen molar-refractivity contribution in [3.05, 3.63) is 99.0 Å². The zero-order valence-corrected chi connectivity index (χ0v) is 21.9. The van der Waals surface area contributed by atoms with Gasteiger partial charge < -0.3 is 19.8 Å². The summed E-state index contributed by atoms with van der Waals surface area (Å²) in [5, 5.41) is 3.06. The topological polar surface area (TPSA) is 38.2 Å². The van der Waals surface area contributed by atoms with Gasteiger partial charge in [0.25, 0.3) is 0 Å². The second kappa shape index (κ2) is 9.17. The lowest BCUT2D eigenvalue weighted by molar-refractivity contribution is -0.921. The summed E-state index contributed by atoms with van der Waals surface area (Å²) in [5.41, 5.74) is 7.91. The first kappa shape index (κ1) is 22.9. The van der Waals surface area contributed by atoms with Crippen LogP contribution in [0.15, 0.2) is 77.3 Å². The molecule has 6 rings (SSSR count). The number of likely N-dealkylation sites (tertiary alicyclic amines) is 1. The summed E-state index contributed by atoms with van der Waals surface area (Å²) in [6.07, 6.45) is 4.12. The minimum Gasteiger partial charge on any atom is -0.493 e. The van der Waals surface area contributed by atoms with E-state index in [0.29, 0.717) is 0 Å². The number of nitrogens with zero attached hydrogens (tertiary/aromatic N) is 1. The molecule has 0 amide bonds. The summed E-state index contributed by atoms with van der Waals surface area (Å²) in [6.45, 7) is 3.10. The molecular formula is C28H28BrClN3O2+. The molecule has 180 valence electrons. The Kier molecular flexibility index (Phi) is 6.01. The Balaban J connectivity index is 1.34. The molecule has 3 aliphatic heterocycles. The highest BCUT2D eigenvalue weighted by molar-refractivity contribution is 9.10. The Morgan fingerprint density at radius 1 is 1.11 bits per heavy atom. The van der Waals surface area contributed by atoms with Crippen molar-refractivity contribution in [2.75, 3.05) is 20.2 Å². The van der Waals surface area contributed by atoms with Gasteiger partial charge in [-0.25, -0.2) is 0 Å². The Morgan fingerprint density at radius 2 is 1.86 bits per heavy atom. The second-order valence-electron chi connectivity index (χ2n) is 9.50. The van der Waals surface area contributed by atoms with Gasteiger partial charge in [0.1, 0.15) is 6.54 Å². The molecule has 5 nitrogen and oxygen atoms in total. The van der Waals surface area contributed by atoms with Gasteiger partial charge in [0.15, 0.2) is 17.2 Å². The first-order chi connectivity index (χ1) is 17.0. The molecule has 0 bridgehead atoms. The average molecular weight is 554 g/mol. The molecule has 2 N–H and O–H groups in total. The van der Waals surface area contributed by atoms with E-state index >= 15 is 0 Å². The normalized spacial score (nSPS) is 25.3. The predicted molar refractivity (Wildman–Crippen MR) is 141 cm³/mol. The average Bonchev–Trinajstić information content (AvgIpc) is 3.34. The van der Waals surface area contributed by atoms with Crippen LogP contribution >= 0.6 is 27.5 Å². The third kappa shape index (κ3) is 4.23. The lowest BCUT2D eigenvalue weighted by Gasteiger charge is -2.50. The van der Waals surface area contributed by atoms with Crippen molar-refractivity contribution in [3.63, 3.8) is 0 Å². The smallest absolute Gasteiger partial charge is 0.191 e. The van der Waals surface area contributed by atoms with Crippen molar-refractivity contribution in [1.82, 2.24) is 10.4 Å². The maximum Gasteiger partial charge on any atom is 0.191 e. The van der Waals surface area contributed by atoms with Gasteiger partial charge in [-0.2, -0.15) is 5.01 Å². The van der Waals surface area contributed by atoms with Crippen LogP contribution in [0, 0.1) is 0 Å². The number of hydrazine groups is 1. The minimum atomic E-state index is -0.455. The van der Waals surface area contributed by atoms with E-state index in [0.717, 1.165) is 70.3 Å². The summed E-state index contributed by atoms with van der Waals surface area (Å²) in [6, 6.07) is 22.9. The van der Waals surface area contributed by atoms with E-state index in [1.54, 1.807) is 12.0 Å². The van der Waals surface area contributed by atoms with E-state index in [4.69, 9.17) is 21.1 Å². The van der Waals surface area contributed by atoms with Crippen molar-refractivity contribution in [1.29, 1.82) is 0 Å². The van der Waals surface area contributed by atoms with Gasteiger partial charge in [0.05, 0.1) is 44.8 Å². The van der Waals surface area contributed by atoms with E-state index in [1.807, 2.05) is 18.2 Å². The lowest BCUT2D eigenvalue weighted by Crippen LogP contribution is -3.12. The number of hydrogen-bond donors (Lipinski definition) is 2. The number of piperidine rings is 1. The predicted octanol–water partition coefficient (Wildman–Crippen LogP) is 4.98. The van der Waals surface area contributed by atoms with Gasteiger partial charge in [-0.15, -0.1) is 0 Å². The number of rotatable bonds is 4. The number of methoxy groups -OCH3 is 1. The summed E-state index contributed by atoms with van der Waals surface area (Å²) in [7, 11) is 1.71. The molecule has 3 aliphatic rings. The summed E-state index contributed by atoms with van der Waals surface area (Å²) in [4.78, 5) is 1.58. The first-order valence-corrected chi connectivity index (χ1v) is 13.2. The Labute approximate surface area is 219 Å². The van der Waals surface area contributed by atoms with Gasteiger partial charge in [-0.3, -0.25) is 0 Å². The van der Waals surface area contributed by atoms with Crippen LogP contribution in [0.5, 0.6) is 11.5 Å². The number of benzene rings is 3. The molecule has 1 saturated heterocycles. The number of fused-ring (bicyclic) bond motifs is 4. The van der Waals surface area contributed by atoms with Crippen molar-refractivity contribution >= 4 is 33.2 Å². The van der Waals surface area contributed by atoms with Gasteiger partial charge in [0.2, 0.25) is 0 Å². The molecule has 0 aliphatic carbocycles. The molecule has 0 radical (unpaired) electrons. The SMILES string of the molecule is COc1cc(Br)cc2c1OC1(CC[NH+](Cc3ccccc3)CC1)N1NC(c3ccc(Cl)cc3)=CC21. The fourth-order valence-electron chi connectivity index (χ4n) is 5.55. The number of hydrogen-bond acceptors (Lipinski definition) is 4. The van der Waals surface area contributed by atoms with Crippen LogP contribution in [0.2, 0.25) is 5.02 Å². The van der Waals surface area contributed by atoms with Crippen LogP contribution in [-0.2, 0) is 6.54 Å². The zero-order chi connectivity index (χ0) is 24.0. The fourth-order valence-corrected chi connectivity index (χ4v) is 6.13. The molecular weight excluding hydrogens is 526 g/mol. The number of ether oxygens (including phenoxy) is 2. The standard InChI is InChI=1S/C28H27BrClN3O2/c1-34-26-16-21(29)15-23-25-17-24(20-7-9-22(30)10-8-20)31-33(25)28(35-27(23)26)11-13-32(14-12-28)18-19-5-3-2-4-6-19/h2-10,15-17,25,31H,11-14,18H2,1H3/p+1. The lowest BCUT2D eigenvalue weighted by atomic mass is 9.92. The van der Waals surface area contributed by atoms with Gasteiger partial charge >= 0.3 is 0 Å². The zero-order valence-electron chi connectivity index (χ0n) is 19.6. The van der Waals surface area contributed by atoms with Crippen molar-refractivity contribution in [3.8, 4) is 11.5 Å². The van der Waals surface area contributed by atoms with E-state index in [9.17, 15) is 0 Å². The van der Waals surface area contributed by atoms with Crippen molar-refractivity contribution in [2.24, 2.45) is 0 Å². The monoisotopic (exact) mass is 552 g/mol. The van der Waals surface area contributed by atoms with E-state index in [1.165, 1.54) is 5.56 Å². The molecule has 3 aromatic rings. The van der Waals surface area contributed by atoms with Crippen LogP contribution in [0.25, 0.3) is 5.70 Å². The fraction of sp³-hybridized carbons (Fsp3) is 0.286. The molecule has 3 aromatic carbocycles. The van der Waals surface area contributed by atoms with E-state index in [-0.39, 0.29) is 6.04 Å². The highest BCUT2D eigenvalue weighted by Gasteiger charge is 2.53. The highest BCUT2D eigenvalue weighted by atomic mass is 79.9. The van der Waals surface area contributed by atoms with Gasteiger partial charge in [-0.05, 0) is 35.9 Å². The molecule has 0 aromatic heterocycles. The Hall–Kier alpha value is -2.51. The number of nitrogens with one attached hydrogen (secondary N) is 2. The first-order valence-electron chi connectivity index (χ1n) is 12.0. The van der Waals surface area contributed by atoms with Gasteiger partial charge in [0, 0.05) is 20.6 Å². The van der Waals surface area contributed by atoms with E-state index < -0.39 is 5.72 Å². The van der Waals surface area contributed by atoms with Crippen LogP contribution < -0.4 is 19.8 Å². The molecule has 1 spiro atoms. The molecule has 1 atom stereocenters. The van der Waals surface area contributed by atoms with Crippen LogP contribution in [-0.4, -0.2) is 30.9 Å². The maximum atomic E-state index is 6.90. The van der Waals surface area contributed by atoms with Crippen LogP contribution in [0.1, 0.15) is 35.6 Å². The molecule has 35 heavy (non-hydrogen) atoms. The molecule has 1 unspecified atom stereocenters. The third-order valence-electron chi connectivity index (χ3n) is 7.35. The van der Waals surface area contributed by atoms with Crippen molar-refractivity contribution < 1.29 is 14.4 Å². The largest absolute Gasteiger partial charge is 0.493 e. The quantitative estimate of drug-likeness (QED) is 0.478. The maximum absolute atomic E-state index is 6.90. The summed E-state index contributed by atoms with van der Waals surface area (Å²) < 4.78 is 13.6. The van der Waals surface area contributed by atoms with Crippen LogP contribution in [0.3, 0.4) is 0 Å². The van der Waals surface area contributed by atoms with Crippen LogP contribution in [0.4, 0.5) is 0 Å². The third-order valence-corrected chi connectivity index (χ3v) is 8.06. The summed E-state index contributed by atoms with van der Waals surface area (Å²) in [5.74, 6) is 1.61. The number of halogens is 2. The van der Waals surface area contributed by atoms with Gasteiger partial charge in [-0.1, -0.05) is 70.0 Å². The molecule has 0 saturated carbocycles. The van der Waals surface area contributed by atoms with Crippen molar-refractivity contribution in [2.45, 2.75) is 31.2 Å². The Bertz CT molecular complexity index is 1260. The highest BCUT2D eigenvalue weighted by Crippen LogP contribution is 2.51. The number of quaternary nitrogens is 1. The Morgan fingerprint density at radius 3 is 2.57 bits per heavy atom. The summed E-state index contributed by atoms with van der Waals surface area (Å²) >= 11 is 9.82. The minimum absolute atomic E-state index is 0.0338. The molecule has 3 heterocycles. The molecule has 1 fully saturated rings. The van der Waals surface area contributed by atoms with E-state index in [2.05, 4.69) is 81.0 Å².